The molecular formula is C36H56N2O3. The first-order valence-electron chi connectivity index (χ1n) is 14.9. The van der Waals surface area contributed by atoms with Gasteiger partial charge in [0.05, 0.1) is 7.11 Å². The maximum Gasteiger partial charge on any atom is 0.255 e. The SMILES string of the molecule is C=C/C=C\N(/C=C(\C)c1ccccc1NC(=O)c1ccc(CC)c(OC)c1)C(=C)C.CC.CC.CCCOCCC. The monoisotopic (exact) mass is 564 g/mol. The molecule has 0 saturated carbocycles. The van der Waals surface area contributed by atoms with Crippen LogP contribution < -0.4 is 10.1 Å². The van der Waals surface area contributed by atoms with Gasteiger partial charge in [0, 0.05) is 48.1 Å². The summed E-state index contributed by atoms with van der Waals surface area (Å²) >= 11 is 0. The zero-order chi connectivity index (χ0) is 31.6. The molecule has 1 amide bonds. The number of carbonyl (C=O) groups is 1. The van der Waals surface area contributed by atoms with Crippen LogP contribution in [0.4, 0.5) is 5.69 Å². The van der Waals surface area contributed by atoms with Gasteiger partial charge in [0.1, 0.15) is 5.75 Å². The summed E-state index contributed by atoms with van der Waals surface area (Å²) in [6.07, 6.45) is 10.6. The highest BCUT2D eigenvalue weighted by atomic mass is 16.5. The number of rotatable bonds is 13. The number of aryl methyl sites for hydroxylation is 1. The van der Waals surface area contributed by atoms with E-state index in [4.69, 9.17) is 9.47 Å². The van der Waals surface area contributed by atoms with Crippen LogP contribution in [0.25, 0.3) is 5.57 Å². The molecule has 2 aromatic rings. The van der Waals surface area contributed by atoms with Crippen molar-refractivity contribution in [2.75, 3.05) is 25.6 Å². The van der Waals surface area contributed by atoms with E-state index in [-0.39, 0.29) is 5.91 Å². The standard InChI is InChI=1S/C26H30N2O2.C6H14O.2C2H6/c1-7-9-16-28(19(3)4)18-20(5)23-12-10-11-13-24(23)27-26(29)22-15-14-21(8-2)25(17-22)30-6;1-3-5-7-6-4-2;2*1-2/h7,9-18H,1,3,8H2,2,4-6H3,(H,27,29);3-6H2,1-2H3;2*1-2H3/b16-9-,20-18+;;;. The van der Waals surface area contributed by atoms with Crippen molar-refractivity contribution in [3.8, 4) is 5.75 Å². The number of hydrogen-bond donors (Lipinski definition) is 1. The van der Waals surface area contributed by atoms with Gasteiger partial charge in [0.15, 0.2) is 0 Å². The van der Waals surface area contributed by atoms with Crippen LogP contribution in [0.2, 0.25) is 0 Å². The number of allylic oxidation sites excluding steroid dienone is 4. The minimum absolute atomic E-state index is 0.181. The molecule has 5 nitrogen and oxygen atoms in total. The number of nitrogens with one attached hydrogen (secondary N) is 1. The molecular weight excluding hydrogens is 508 g/mol. The number of benzene rings is 2. The fraction of sp³-hybridized carbons (Fsp3) is 0.417. The minimum Gasteiger partial charge on any atom is -0.496 e. The summed E-state index contributed by atoms with van der Waals surface area (Å²) in [5.74, 6) is 0.542. The molecule has 41 heavy (non-hydrogen) atoms. The van der Waals surface area contributed by atoms with Crippen LogP contribution in [0.3, 0.4) is 0 Å². The number of nitrogens with zero attached hydrogens (tertiary/aromatic N) is 1. The van der Waals surface area contributed by atoms with E-state index in [2.05, 4.69) is 39.2 Å². The Morgan fingerprint density at radius 1 is 0.976 bits per heavy atom. The molecule has 0 unspecified atom stereocenters. The molecule has 0 aliphatic heterocycles. The molecule has 0 aliphatic rings. The lowest BCUT2D eigenvalue weighted by Crippen LogP contribution is -2.14. The van der Waals surface area contributed by atoms with Gasteiger partial charge in [-0.2, -0.15) is 0 Å². The largest absolute Gasteiger partial charge is 0.496 e. The molecule has 0 atom stereocenters. The Labute approximate surface area is 251 Å². The van der Waals surface area contributed by atoms with Crippen molar-refractivity contribution in [3.63, 3.8) is 0 Å². The lowest BCUT2D eigenvalue weighted by Gasteiger charge is -2.18. The molecule has 2 aromatic carbocycles. The van der Waals surface area contributed by atoms with Gasteiger partial charge in [-0.1, -0.05) is 92.0 Å². The number of hydrogen-bond acceptors (Lipinski definition) is 4. The molecule has 0 bridgehead atoms. The third-order valence-electron chi connectivity index (χ3n) is 5.38. The molecule has 0 spiro atoms. The van der Waals surface area contributed by atoms with E-state index in [0.29, 0.717) is 5.56 Å². The zero-order valence-corrected chi connectivity index (χ0v) is 27.5. The Kier molecular flexibility index (Phi) is 24.5. The topological polar surface area (TPSA) is 50.8 Å². The summed E-state index contributed by atoms with van der Waals surface area (Å²) in [6.45, 7) is 27.8. The molecule has 5 heteroatoms. The Morgan fingerprint density at radius 2 is 1.59 bits per heavy atom. The molecule has 0 heterocycles. The van der Waals surface area contributed by atoms with Crippen molar-refractivity contribution in [3.05, 3.63) is 103 Å². The van der Waals surface area contributed by atoms with Crippen LogP contribution >= 0.6 is 0 Å². The van der Waals surface area contributed by atoms with Crippen LogP contribution in [0.1, 0.15) is 96.6 Å². The van der Waals surface area contributed by atoms with Crippen molar-refractivity contribution in [2.24, 2.45) is 0 Å². The lowest BCUT2D eigenvalue weighted by molar-refractivity contribution is 0.102. The molecule has 0 saturated heterocycles. The highest BCUT2D eigenvalue weighted by molar-refractivity contribution is 6.05. The highest BCUT2D eigenvalue weighted by Gasteiger charge is 2.13. The molecule has 0 fully saturated rings. The first-order chi connectivity index (χ1) is 19.8. The van der Waals surface area contributed by atoms with Crippen LogP contribution in [0, 0.1) is 0 Å². The van der Waals surface area contributed by atoms with Crippen LogP contribution in [0.5, 0.6) is 5.75 Å². The molecule has 1 N–H and O–H groups in total. The second kappa shape index (κ2) is 25.4. The first-order valence-corrected chi connectivity index (χ1v) is 14.9. The number of amides is 1. The van der Waals surface area contributed by atoms with Gasteiger partial charge < -0.3 is 19.7 Å². The third kappa shape index (κ3) is 15.7. The molecule has 0 radical (unpaired) electrons. The van der Waals surface area contributed by atoms with E-state index in [1.54, 1.807) is 19.3 Å². The number of ether oxygens (including phenoxy) is 2. The third-order valence-corrected chi connectivity index (χ3v) is 5.38. The summed E-state index contributed by atoms with van der Waals surface area (Å²) in [5, 5.41) is 3.03. The summed E-state index contributed by atoms with van der Waals surface area (Å²) in [6, 6.07) is 13.3. The highest BCUT2D eigenvalue weighted by Crippen LogP contribution is 2.26. The van der Waals surface area contributed by atoms with Gasteiger partial charge in [-0.05, 0) is 68.5 Å². The summed E-state index contributed by atoms with van der Waals surface area (Å²) in [5.41, 5.74) is 5.16. The maximum absolute atomic E-state index is 12.9. The van der Waals surface area contributed by atoms with Gasteiger partial charge in [0.25, 0.3) is 5.91 Å². The van der Waals surface area contributed by atoms with Crippen molar-refractivity contribution in [2.45, 2.75) is 81.6 Å². The van der Waals surface area contributed by atoms with Gasteiger partial charge in [0.2, 0.25) is 0 Å². The van der Waals surface area contributed by atoms with E-state index in [1.807, 2.05) is 101 Å². The van der Waals surface area contributed by atoms with E-state index < -0.39 is 0 Å². The van der Waals surface area contributed by atoms with Crippen LogP contribution in [-0.2, 0) is 11.2 Å². The Morgan fingerprint density at radius 3 is 2.10 bits per heavy atom. The smallest absolute Gasteiger partial charge is 0.255 e. The summed E-state index contributed by atoms with van der Waals surface area (Å²) in [7, 11) is 1.62. The van der Waals surface area contributed by atoms with Gasteiger partial charge >= 0.3 is 0 Å². The van der Waals surface area contributed by atoms with Crippen molar-refractivity contribution in [1.29, 1.82) is 0 Å². The fourth-order valence-electron chi connectivity index (χ4n) is 3.41. The van der Waals surface area contributed by atoms with Crippen LogP contribution in [0.15, 0.2) is 85.9 Å². The number of methoxy groups -OCH3 is 1. The fourth-order valence-corrected chi connectivity index (χ4v) is 3.41. The summed E-state index contributed by atoms with van der Waals surface area (Å²) < 4.78 is 10.6. The number of anilines is 1. The average Bonchev–Trinajstić information content (AvgIpc) is 3.01. The molecule has 2 rings (SSSR count). The van der Waals surface area contributed by atoms with Crippen molar-refractivity contribution in [1.82, 2.24) is 4.90 Å². The quantitative estimate of drug-likeness (QED) is 0.194. The molecule has 0 aromatic heterocycles. The minimum atomic E-state index is -0.181. The summed E-state index contributed by atoms with van der Waals surface area (Å²) in [4.78, 5) is 14.8. The van der Waals surface area contributed by atoms with Gasteiger partial charge in [-0.15, -0.1) is 0 Å². The van der Waals surface area contributed by atoms with Crippen LogP contribution in [-0.4, -0.2) is 31.1 Å². The van der Waals surface area contributed by atoms with Gasteiger partial charge in [-0.25, -0.2) is 0 Å². The average molecular weight is 565 g/mol. The maximum atomic E-state index is 12.9. The number of para-hydroxylation sites is 1. The lowest BCUT2D eigenvalue weighted by atomic mass is 10.0. The Hall–Kier alpha value is -3.57. The first kappa shape index (κ1) is 39.6. The second-order valence-corrected chi connectivity index (χ2v) is 8.52. The zero-order valence-electron chi connectivity index (χ0n) is 27.5. The Balaban J connectivity index is 0. The van der Waals surface area contributed by atoms with E-state index in [1.165, 1.54) is 0 Å². The predicted octanol–water partition coefficient (Wildman–Crippen LogP) is 10.3. The molecule has 228 valence electrons. The van der Waals surface area contributed by atoms with E-state index in [9.17, 15) is 4.79 Å². The van der Waals surface area contributed by atoms with Gasteiger partial charge in [-0.3, -0.25) is 4.79 Å². The normalized spacial score (nSPS) is 10.1. The van der Waals surface area contributed by atoms with E-state index in [0.717, 1.165) is 66.3 Å². The second-order valence-electron chi connectivity index (χ2n) is 8.52. The predicted molar refractivity (Wildman–Crippen MR) is 181 cm³/mol. The number of carbonyl (C=O) groups excluding carboxylic acids is 1. The molecule has 0 aliphatic carbocycles. The van der Waals surface area contributed by atoms with E-state index >= 15 is 0 Å². The van der Waals surface area contributed by atoms with Crippen molar-refractivity contribution >= 4 is 17.2 Å². The Bertz CT molecular complexity index is 1070. The van der Waals surface area contributed by atoms with Crippen molar-refractivity contribution < 1.29 is 14.3 Å².